The van der Waals surface area contributed by atoms with Crippen LogP contribution in [-0.2, 0) is 5.54 Å². The zero-order valence-electron chi connectivity index (χ0n) is 16.9. The highest BCUT2D eigenvalue weighted by Gasteiger charge is 2.35. The number of nitrogens with zero attached hydrogens (tertiary/aromatic N) is 3. The Balaban J connectivity index is 1.74. The summed E-state index contributed by atoms with van der Waals surface area (Å²) in [6.07, 6.45) is 1.45. The van der Waals surface area contributed by atoms with Gasteiger partial charge in [-0.25, -0.2) is 19.0 Å². The summed E-state index contributed by atoms with van der Waals surface area (Å²) >= 11 is 12.9. The summed E-state index contributed by atoms with van der Waals surface area (Å²) in [5.74, 6) is -0.981. The number of H-pyrrole nitrogens is 2. The van der Waals surface area contributed by atoms with Crippen molar-refractivity contribution in [2.24, 2.45) is 0 Å². The lowest BCUT2D eigenvalue weighted by atomic mass is 9.92. The first-order valence-corrected chi connectivity index (χ1v) is 10.1. The van der Waals surface area contributed by atoms with Gasteiger partial charge >= 0.3 is 5.69 Å². The van der Waals surface area contributed by atoms with E-state index in [1.807, 2.05) is 0 Å². The summed E-state index contributed by atoms with van der Waals surface area (Å²) in [4.78, 5) is 37.7. The van der Waals surface area contributed by atoms with Crippen molar-refractivity contribution in [3.63, 3.8) is 0 Å². The van der Waals surface area contributed by atoms with Crippen LogP contribution < -0.4 is 27.3 Å². The van der Waals surface area contributed by atoms with E-state index in [0.29, 0.717) is 5.56 Å². The van der Waals surface area contributed by atoms with E-state index >= 15 is 0 Å². The topological polar surface area (TPSA) is 149 Å². The molecule has 0 saturated carbocycles. The molecule has 1 aromatic carbocycles. The molecule has 0 fully saturated rings. The molecule has 0 bridgehead atoms. The second-order valence-corrected chi connectivity index (χ2v) is 8.24. The maximum absolute atomic E-state index is 13.7. The molecule has 1 unspecified atom stereocenters. The van der Waals surface area contributed by atoms with Crippen molar-refractivity contribution in [3.8, 4) is 17.0 Å². The van der Waals surface area contributed by atoms with Gasteiger partial charge < -0.3 is 10.5 Å². The van der Waals surface area contributed by atoms with E-state index in [0.717, 1.165) is 4.68 Å². The van der Waals surface area contributed by atoms with Crippen molar-refractivity contribution in [1.82, 2.24) is 25.0 Å². The molecular formula is C20H15Cl2FN6O4. The Kier molecular flexibility index (Phi) is 5.68. The second-order valence-electron chi connectivity index (χ2n) is 7.38. The SMILES string of the molecule is CC1(n2nc(N)c(=O)[nH]c2=O)C=C(Cl)C(Oc2n[nH]c(=O)cc2-c2cccc(F)c2)=C(Cl)C1. The molecule has 4 N–H and O–H groups in total. The third-order valence-electron chi connectivity index (χ3n) is 4.86. The summed E-state index contributed by atoms with van der Waals surface area (Å²) < 4.78 is 20.5. The smallest absolute Gasteiger partial charge is 0.345 e. The number of hydrogen-bond donors (Lipinski definition) is 3. The van der Waals surface area contributed by atoms with E-state index in [4.69, 9.17) is 33.7 Å². The summed E-state index contributed by atoms with van der Waals surface area (Å²) in [6, 6.07) is 6.72. The maximum atomic E-state index is 13.7. The Bertz CT molecular complexity index is 1510. The molecule has 2 aromatic heterocycles. The van der Waals surface area contributed by atoms with Crippen LogP contribution in [0.25, 0.3) is 11.1 Å². The number of rotatable bonds is 4. The molecule has 0 amide bonds. The number of aromatic amines is 2. The van der Waals surface area contributed by atoms with Gasteiger partial charge in [-0.05, 0) is 30.7 Å². The fourth-order valence-corrected chi connectivity index (χ4v) is 4.19. The van der Waals surface area contributed by atoms with Gasteiger partial charge in [-0.3, -0.25) is 14.6 Å². The monoisotopic (exact) mass is 492 g/mol. The minimum absolute atomic E-state index is 0.00283. The Morgan fingerprint density at radius 3 is 2.70 bits per heavy atom. The molecular weight excluding hydrogens is 478 g/mol. The van der Waals surface area contributed by atoms with Crippen LogP contribution in [0, 0.1) is 5.82 Å². The predicted molar refractivity (Wildman–Crippen MR) is 119 cm³/mol. The van der Waals surface area contributed by atoms with Crippen LogP contribution in [0.1, 0.15) is 13.3 Å². The normalized spacial score (nSPS) is 18.2. The number of allylic oxidation sites excluding steroid dienone is 3. The minimum Gasteiger partial charge on any atom is -0.434 e. The molecule has 13 heteroatoms. The molecule has 170 valence electrons. The van der Waals surface area contributed by atoms with Crippen molar-refractivity contribution >= 4 is 29.0 Å². The van der Waals surface area contributed by atoms with E-state index in [2.05, 4.69) is 20.3 Å². The van der Waals surface area contributed by atoms with Crippen LogP contribution in [0.4, 0.5) is 10.2 Å². The number of nitrogens with two attached hydrogens (primary N) is 1. The minimum atomic E-state index is -1.18. The van der Waals surface area contributed by atoms with Gasteiger partial charge in [0.15, 0.2) is 5.76 Å². The van der Waals surface area contributed by atoms with Gasteiger partial charge in [0.2, 0.25) is 11.7 Å². The van der Waals surface area contributed by atoms with Crippen LogP contribution >= 0.6 is 23.2 Å². The van der Waals surface area contributed by atoms with E-state index in [9.17, 15) is 18.8 Å². The summed E-state index contributed by atoms with van der Waals surface area (Å²) in [6.45, 7) is 1.61. The molecule has 10 nitrogen and oxygen atoms in total. The number of anilines is 1. The third kappa shape index (κ3) is 4.32. The van der Waals surface area contributed by atoms with Crippen molar-refractivity contribution in [1.29, 1.82) is 0 Å². The van der Waals surface area contributed by atoms with Crippen molar-refractivity contribution in [3.05, 3.63) is 89.2 Å². The van der Waals surface area contributed by atoms with Gasteiger partial charge in [-0.15, -0.1) is 10.2 Å². The van der Waals surface area contributed by atoms with Gasteiger partial charge in [-0.2, -0.15) is 0 Å². The summed E-state index contributed by atoms with van der Waals surface area (Å²) in [5, 5.41) is 10.1. The Hall–Kier alpha value is -3.70. The molecule has 0 saturated heterocycles. The van der Waals surface area contributed by atoms with E-state index in [-0.39, 0.29) is 33.7 Å². The predicted octanol–water partition coefficient (Wildman–Crippen LogP) is 2.17. The fourth-order valence-electron chi connectivity index (χ4n) is 3.34. The summed E-state index contributed by atoms with van der Waals surface area (Å²) in [7, 11) is 0. The van der Waals surface area contributed by atoms with Crippen LogP contribution in [0.15, 0.2) is 66.6 Å². The number of ether oxygens (including phenoxy) is 1. The van der Waals surface area contributed by atoms with E-state index in [1.165, 1.54) is 30.3 Å². The van der Waals surface area contributed by atoms with Crippen molar-refractivity contribution < 1.29 is 9.13 Å². The maximum Gasteiger partial charge on any atom is 0.345 e. The second kappa shape index (κ2) is 8.34. The van der Waals surface area contributed by atoms with Gasteiger partial charge in [0.05, 0.1) is 21.2 Å². The zero-order valence-corrected chi connectivity index (χ0v) is 18.4. The molecule has 3 aromatic rings. The molecule has 0 aliphatic heterocycles. The highest BCUT2D eigenvalue weighted by molar-refractivity contribution is 6.35. The van der Waals surface area contributed by atoms with Crippen molar-refractivity contribution in [2.75, 3.05) is 5.73 Å². The van der Waals surface area contributed by atoms with Crippen LogP contribution in [-0.4, -0.2) is 25.0 Å². The Morgan fingerprint density at radius 1 is 1.24 bits per heavy atom. The Morgan fingerprint density at radius 2 is 2.00 bits per heavy atom. The lowest BCUT2D eigenvalue weighted by Gasteiger charge is -2.31. The largest absolute Gasteiger partial charge is 0.434 e. The van der Waals surface area contributed by atoms with Crippen molar-refractivity contribution in [2.45, 2.75) is 18.9 Å². The molecule has 1 aliphatic rings. The third-order valence-corrected chi connectivity index (χ3v) is 5.44. The highest BCUT2D eigenvalue weighted by Crippen LogP contribution is 2.40. The zero-order chi connectivity index (χ0) is 23.9. The first kappa shape index (κ1) is 22.5. The quantitative estimate of drug-likeness (QED) is 0.505. The fraction of sp³-hybridized carbons (Fsp3) is 0.150. The number of aromatic nitrogens is 5. The molecule has 0 radical (unpaired) electrons. The average Bonchev–Trinajstić information content (AvgIpc) is 2.74. The number of nitrogens with one attached hydrogen (secondary N) is 2. The lowest BCUT2D eigenvalue weighted by Crippen LogP contribution is -2.45. The first-order valence-electron chi connectivity index (χ1n) is 9.38. The van der Waals surface area contributed by atoms with Crippen LogP contribution in [0.3, 0.4) is 0 Å². The highest BCUT2D eigenvalue weighted by atomic mass is 35.5. The molecule has 0 spiro atoms. The van der Waals surface area contributed by atoms with Gasteiger partial charge in [0.1, 0.15) is 5.82 Å². The molecule has 1 atom stereocenters. The standard InChI is InChI=1S/C20H15Cl2FN6O4/c1-20(29-19(32)25-17(31)16(24)28-29)7-12(21)15(13(22)8-20)33-18-11(6-14(30)26-27-18)9-3-2-4-10(23)5-9/h2-7H,8H2,1H3,(H2,24,28)(H,26,30)(H,25,31,32). The number of nitrogen functional groups attached to an aromatic ring is 1. The summed E-state index contributed by atoms with van der Waals surface area (Å²) in [5.41, 5.74) is 2.78. The number of hydrogen-bond acceptors (Lipinski definition) is 7. The number of halogens is 3. The molecule has 2 heterocycles. The molecule has 1 aliphatic carbocycles. The van der Waals surface area contributed by atoms with E-state index in [1.54, 1.807) is 13.0 Å². The van der Waals surface area contributed by atoms with Gasteiger partial charge in [0.25, 0.3) is 11.1 Å². The van der Waals surface area contributed by atoms with Gasteiger partial charge in [-0.1, -0.05) is 35.3 Å². The number of benzene rings is 1. The average molecular weight is 493 g/mol. The van der Waals surface area contributed by atoms with Crippen LogP contribution in [0.2, 0.25) is 0 Å². The first-order chi connectivity index (χ1) is 15.6. The molecule has 33 heavy (non-hydrogen) atoms. The van der Waals surface area contributed by atoms with E-state index < -0.39 is 34.0 Å². The molecule has 4 rings (SSSR count). The van der Waals surface area contributed by atoms with Crippen LogP contribution in [0.5, 0.6) is 5.88 Å². The lowest BCUT2D eigenvalue weighted by molar-refractivity contribution is 0.325. The Labute approximate surface area is 194 Å². The van der Waals surface area contributed by atoms with Gasteiger partial charge in [0, 0.05) is 12.5 Å².